The quantitative estimate of drug-likeness (QED) is 0.245. The summed E-state index contributed by atoms with van der Waals surface area (Å²) in [5.74, 6) is -0.0332. The number of hydrogen-bond acceptors (Lipinski definition) is 5. The molecular formula is C21H35N3O3. The maximum atomic E-state index is 11.7. The van der Waals surface area contributed by atoms with E-state index in [1.165, 1.54) is 32.1 Å². The highest BCUT2D eigenvalue weighted by molar-refractivity contribution is 5.81. The van der Waals surface area contributed by atoms with Crippen molar-refractivity contribution in [1.29, 1.82) is 0 Å². The Morgan fingerprint density at radius 2 is 1.70 bits per heavy atom. The molecule has 1 heterocycles. The Morgan fingerprint density at radius 1 is 1.04 bits per heavy atom. The molecule has 0 aliphatic heterocycles. The highest BCUT2D eigenvalue weighted by Gasteiger charge is 1.99. The Bertz CT molecular complexity index is 495. The molecule has 1 amide bonds. The number of aliphatic hydroxyl groups is 1. The number of hydrogen-bond donors (Lipinski definition) is 2. The van der Waals surface area contributed by atoms with E-state index in [0.717, 1.165) is 50.9 Å². The van der Waals surface area contributed by atoms with Crippen LogP contribution in [0.1, 0.15) is 76.2 Å². The summed E-state index contributed by atoms with van der Waals surface area (Å²) in [6, 6.07) is 3.72. The Kier molecular flexibility index (Phi) is 15.2. The number of nitrogens with one attached hydrogen (secondary N) is 1. The predicted molar refractivity (Wildman–Crippen MR) is 109 cm³/mol. The van der Waals surface area contributed by atoms with Crippen LogP contribution < -0.4 is 5.43 Å². The molecule has 0 aliphatic carbocycles. The van der Waals surface area contributed by atoms with Crippen molar-refractivity contribution in [2.24, 2.45) is 5.10 Å². The number of pyridine rings is 1. The SMILES string of the molecule is O=C(CCCCCCCCCCOCCCCO)N/N=C\c1cccnc1. The van der Waals surface area contributed by atoms with Crippen LogP contribution in [0.2, 0.25) is 0 Å². The normalized spacial score (nSPS) is 11.1. The van der Waals surface area contributed by atoms with Crippen molar-refractivity contribution >= 4 is 12.1 Å². The molecule has 0 aliphatic rings. The van der Waals surface area contributed by atoms with Gasteiger partial charge in [-0.05, 0) is 31.7 Å². The fourth-order valence-electron chi connectivity index (χ4n) is 2.66. The Labute approximate surface area is 163 Å². The topological polar surface area (TPSA) is 83.8 Å². The Balaban J connectivity index is 1.82. The van der Waals surface area contributed by atoms with Crippen molar-refractivity contribution in [2.75, 3.05) is 19.8 Å². The van der Waals surface area contributed by atoms with E-state index >= 15 is 0 Å². The number of amides is 1. The van der Waals surface area contributed by atoms with Gasteiger partial charge in [0.05, 0.1) is 6.21 Å². The van der Waals surface area contributed by atoms with Crippen LogP contribution in [0.25, 0.3) is 0 Å². The fraction of sp³-hybridized carbons (Fsp3) is 0.667. The molecule has 1 aromatic heterocycles. The molecule has 27 heavy (non-hydrogen) atoms. The molecule has 0 saturated carbocycles. The molecule has 6 nitrogen and oxygen atoms in total. The highest BCUT2D eigenvalue weighted by atomic mass is 16.5. The molecule has 0 bridgehead atoms. The maximum absolute atomic E-state index is 11.7. The van der Waals surface area contributed by atoms with Crippen LogP contribution in [0.5, 0.6) is 0 Å². The van der Waals surface area contributed by atoms with Gasteiger partial charge in [-0.3, -0.25) is 9.78 Å². The van der Waals surface area contributed by atoms with E-state index in [2.05, 4.69) is 15.5 Å². The highest BCUT2D eigenvalue weighted by Crippen LogP contribution is 2.10. The lowest BCUT2D eigenvalue weighted by Gasteiger charge is -2.04. The summed E-state index contributed by atoms with van der Waals surface area (Å²) in [6.45, 7) is 1.86. The van der Waals surface area contributed by atoms with Crippen LogP contribution in [0.15, 0.2) is 29.6 Å². The first-order valence-corrected chi connectivity index (χ1v) is 10.2. The van der Waals surface area contributed by atoms with Gasteiger partial charge >= 0.3 is 0 Å². The number of nitrogens with zero attached hydrogens (tertiary/aromatic N) is 2. The number of unbranched alkanes of at least 4 members (excludes halogenated alkanes) is 8. The van der Waals surface area contributed by atoms with E-state index in [0.29, 0.717) is 6.42 Å². The lowest BCUT2D eigenvalue weighted by molar-refractivity contribution is -0.121. The minimum atomic E-state index is -0.0332. The van der Waals surface area contributed by atoms with Crippen molar-refractivity contribution in [2.45, 2.75) is 70.6 Å². The number of rotatable bonds is 17. The average molecular weight is 378 g/mol. The molecule has 0 fully saturated rings. The van der Waals surface area contributed by atoms with Crippen LogP contribution in [0, 0.1) is 0 Å². The van der Waals surface area contributed by atoms with Crippen molar-refractivity contribution in [3.8, 4) is 0 Å². The number of ether oxygens (including phenoxy) is 1. The molecule has 1 rings (SSSR count). The van der Waals surface area contributed by atoms with Crippen LogP contribution in [0.3, 0.4) is 0 Å². The summed E-state index contributed by atoms with van der Waals surface area (Å²) < 4.78 is 5.51. The summed E-state index contributed by atoms with van der Waals surface area (Å²) in [4.78, 5) is 15.7. The molecule has 0 unspecified atom stereocenters. The largest absolute Gasteiger partial charge is 0.396 e. The molecule has 0 atom stereocenters. The van der Waals surface area contributed by atoms with E-state index in [4.69, 9.17) is 9.84 Å². The molecule has 0 spiro atoms. The van der Waals surface area contributed by atoms with Gasteiger partial charge in [0, 0.05) is 44.2 Å². The standard InChI is InChI=1S/C21H35N3O3/c25-15-8-10-17-27-16-9-6-4-2-1-3-5-7-13-21(26)24-23-19-20-12-11-14-22-18-20/h11-12,14,18-19,25H,1-10,13,15-17H2,(H,24,26)/b23-19-. The van der Waals surface area contributed by atoms with Gasteiger partial charge in [0.25, 0.3) is 0 Å². The summed E-state index contributed by atoms with van der Waals surface area (Å²) in [7, 11) is 0. The molecule has 1 aromatic rings. The van der Waals surface area contributed by atoms with E-state index in [1.807, 2.05) is 12.1 Å². The number of aromatic nitrogens is 1. The first kappa shape index (κ1) is 23.2. The predicted octanol–water partition coefficient (Wildman–Crippen LogP) is 3.83. The number of carbonyl (C=O) groups excluding carboxylic acids is 1. The lowest BCUT2D eigenvalue weighted by atomic mass is 10.1. The van der Waals surface area contributed by atoms with Gasteiger partial charge in [0.1, 0.15) is 0 Å². The third kappa shape index (κ3) is 15.0. The average Bonchev–Trinajstić information content (AvgIpc) is 2.69. The Morgan fingerprint density at radius 3 is 2.37 bits per heavy atom. The number of aliphatic hydroxyl groups excluding tert-OH is 1. The van der Waals surface area contributed by atoms with Crippen molar-refractivity contribution in [1.82, 2.24) is 10.4 Å². The maximum Gasteiger partial charge on any atom is 0.240 e. The smallest absolute Gasteiger partial charge is 0.240 e. The molecule has 152 valence electrons. The molecule has 0 aromatic carbocycles. The fourth-order valence-corrected chi connectivity index (χ4v) is 2.66. The van der Waals surface area contributed by atoms with E-state index in [-0.39, 0.29) is 12.5 Å². The van der Waals surface area contributed by atoms with Gasteiger partial charge in [0.2, 0.25) is 5.91 Å². The minimum absolute atomic E-state index is 0.0332. The minimum Gasteiger partial charge on any atom is -0.396 e. The van der Waals surface area contributed by atoms with Crippen molar-refractivity contribution in [3.05, 3.63) is 30.1 Å². The zero-order valence-electron chi connectivity index (χ0n) is 16.4. The van der Waals surface area contributed by atoms with Crippen LogP contribution >= 0.6 is 0 Å². The Hall–Kier alpha value is -1.79. The van der Waals surface area contributed by atoms with E-state index in [1.54, 1.807) is 18.6 Å². The van der Waals surface area contributed by atoms with Crippen LogP contribution in [-0.2, 0) is 9.53 Å². The van der Waals surface area contributed by atoms with Crippen LogP contribution in [0.4, 0.5) is 0 Å². The van der Waals surface area contributed by atoms with Gasteiger partial charge < -0.3 is 9.84 Å². The monoisotopic (exact) mass is 377 g/mol. The summed E-state index contributed by atoms with van der Waals surface area (Å²) in [5, 5.41) is 12.6. The van der Waals surface area contributed by atoms with E-state index < -0.39 is 0 Å². The summed E-state index contributed by atoms with van der Waals surface area (Å²) in [5.41, 5.74) is 3.42. The third-order valence-corrected chi connectivity index (χ3v) is 4.23. The number of carbonyl (C=O) groups is 1. The van der Waals surface area contributed by atoms with Crippen LogP contribution in [-0.4, -0.2) is 42.0 Å². The second-order valence-electron chi connectivity index (χ2n) is 6.70. The number of hydrazone groups is 1. The zero-order chi connectivity index (χ0) is 19.4. The molecule has 2 N–H and O–H groups in total. The molecule has 0 saturated heterocycles. The van der Waals surface area contributed by atoms with Gasteiger partial charge in [-0.15, -0.1) is 0 Å². The van der Waals surface area contributed by atoms with Crippen molar-refractivity contribution in [3.63, 3.8) is 0 Å². The van der Waals surface area contributed by atoms with Crippen molar-refractivity contribution < 1.29 is 14.6 Å². The second kappa shape index (κ2) is 17.6. The van der Waals surface area contributed by atoms with E-state index in [9.17, 15) is 4.79 Å². The van der Waals surface area contributed by atoms with Gasteiger partial charge in [-0.1, -0.05) is 44.6 Å². The zero-order valence-corrected chi connectivity index (χ0v) is 16.4. The van der Waals surface area contributed by atoms with Gasteiger partial charge in [-0.2, -0.15) is 5.10 Å². The third-order valence-electron chi connectivity index (χ3n) is 4.23. The van der Waals surface area contributed by atoms with Gasteiger partial charge in [0.15, 0.2) is 0 Å². The summed E-state index contributed by atoms with van der Waals surface area (Å²) >= 11 is 0. The lowest BCUT2D eigenvalue weighted by Crippen LogP contribution is -2.16. The van der Waals surface area contributed by atoms with Gasteiger partial charge in [-0.25, -0.2) is 5.43 Å². The molecule has 6 heteroatoms. The first-order chi connectivity index (χ1) is 13.3. The molecule has 0 radical (unpaired) electrons. The summed E-state index contributed by atoms with van der Waals surface area (Å²) in [6.07, 6.45) is 16.6. The molecular weight excluding hydrogens is 342 g/mol. The first-order valence-electron chi connectivity index (χ1n) is 10.2. The second-order valence-corrected chi connectivity index (χ2v) is 6.70.